The fraction of sp³-hybridized carbons (Fsp3) is 0.909. The molecule has 0 unspecified atom stereocenters. The second-order valence-electron chi connectivity index (χ2n) is 4.56. The first-order valence-corrected chi connectivity index (χ1v) is 5.81. The highest BCUT2D eigenvalue weighted by Gasteiger charge is 2.26. The third-order valence-electron chi connectivity index (χ3n) is 3.24. The third kappa shape index (κ3) is 3.92. The summed E-state index contributed by atoms with van der Waals surface area (Å²) < 4.78 is 5.23. The van der Waals surface area contributed by atoms with Gasteiger partial charge in [-0.05, 0) is 31.7 Å². The van der Waals surface area contributed by atoms with E-state index in [9.17, 15) is 4.79 Å². The summed E-state index contributed by atoms with van der Waals surface area (Å²) in [6, 6.07) is 0. The Morgan fingerprint density at radius 1 is 1.44 bits per heavy atom. The minimum atomic E-state index is 0. The Balaban J connectivity index is 0.00000128. The van der Waals surface area contributed by atoms with Crippen LogP contribution in [0.15, 0.2) is 0 Å². The Hall–Kier alpha value is -0.320. The van der Waals surface area contributed by atoms with Crippen LogP contribution >= 0.6 is 12.4 Å². The lowest BCUT2D eigenvalue weighted by atomic mass is 10.3. The third-order valence-corrected chi connectivity index (χ3v) is 3.24. The predicted octanol–water partition coefficient (Wildman–Crippen LogP) is 0.655. The molecule has 0 spiro atoms. The normalized spacial score (nSPS) is 24.3. The van der Waals surface area contributed by atoms with Gasteiger partial charge in [-0.1, -0.05) is 0 Å². The Bertz CT molecular complexity index is 234. The molecule has 1 heterocycles. The molecule has 0 aromatic carbocycles. The van der Waals surface area contributed by atoms with Crippen molar-refractivity contribution in [1.82, 2.24) is 10.2 Å². The van der Waals surface area contributed by atoms with Gasteiger partial charge >= 0.3 is 0 Å². The number of rotatable bonds is 5. The van der Waals surface area contributed by atoms with Crippen LogP contribution in [0, 0.1) is 5.92 Å². The molecule has 5 heteroatoms. The number of amides is 1. The van der Waals surface area contributed by atoms with Crippen molar-refractivity contribution in [3.05, 3.63) is 0 Å². The molecule has 16 heavy (non-hydrogen) atoms. The highest BCUT2D eigenvalue weighted by molar-refractivity contribution is 5.85. The first kappa shape index (κ1) is 13.7. The van der Waals surface area contributed by atoms with E-state index < -0.39 is 0 Å². The van der Waals surface area contributed by atoms with E-state index >= 15 is 0 Å². The molecule has 1 amide bonds. The Kier molecular flexibility index (Phi) is 5.52. The van der Waals surface area contributed by atoms with Crippen molar-refractivity contribution >= 4 is 18.3 Å². The Morgan fingerprint density at radius 2 is 2.19 bits per heavy atom. The number of methoxy groups -OCH3 is 1. The average molecular weight is 249 g/mol. The molecule has 0 bridgehead atoms. The van der Waals surface area contributed by atoms with Crippen LogP contribution in [-0.2, 0) is 9.53 Å². The minimum Gasteiger partial charge on any atom is -0.380 e. The molecule has 1 aliphatic heterocycles. The molecule has 0 aromatic rings. The molecule has 1 saturated carbocycles. The average Bonchev–Trinajstić information content (AvgIpc) is 2.94. The molecule has 1 N–H and O–H groups in total. The SMILES string of the molecule is CO[C@@H]1CCN(C(=O)CNCC2CC2)C1.Cl. The van der Waals surface area contributed by atoms with E-state index in [2.05, 4.69) is 5.32 Å². The van der Waals surface area contributed by atoms with E-state index in [4.69, 9.17) is 4.74 Å². The van der Waals surface area contributed by atoms with Crippen molar-refractivity contribution in [3.63, 3.8) is 0 Å². The first-order chi connectivity index (χ1) is 7.29. The van der Waals surface area contributed by atoms with E-state index in [0.717, 1.165) is 32.0 Å². The van der Waals surface area contributed by atoms with Crippen LogP contribution in [0.25, 0.3) is 0 Å². The van der Waals surface area contributed by atoms with Crippen LogP contribution in [0.5, 0.6) is 0 Å². The van der Waals surface area contributed by atoms with Crippen LogP contribution in [0.3, 0.4) is 0 Å². The highest BCUT2D eigenvalue weighted by atomic mass is 35.5. The van der Waals surface area contributed by atoms with Crippen molar-refractivity contribution in [2.24, 2.45) is 5.92 Å². The smallest absolute Gasteiger partial charge is 0.236 e. The van der Waals surface area contributed by atoms with E-state index in [0.29, 0.717) is 6.54 Å². The summed E-state index contributed by atoms with van der Waals surface area (Å²) in [5.74, 6) is 1.05. The summed E-state index contributed by atoms with van der Waals surface area (Å²) >= 11 is 0. The lowest BCUT2D eigenvalue weighted by molar-refractivity contribution is -0.129. The number of nitrogens with zero attached hydrogens (tertiary/aromatic N) is 1. The van der Waals surface area contributed by atoms with Gasteiger partial charge in [-0.2, -0.15) is 0 Å². The van der Waals surface area contributed by atoms with Crippen LogP contribution < -0.4 is 5.32 Å². The van der Waals surface area contributed by atoms with Gasteiger partial charge in [-0.3, -0.25) is 4.79 Å². The number of carbonyl (C=O) groups excluding carboxylic acids is 1. The zero-order chi connectivity index (χ0) is 10.7. The van der Waals surface area contributed by atoms with Crippen molar-refractivity contribution in [2.75, 3.05) is 33.3 Å². The number of carbonyl (C=O) groups is 1. The maximum atomic E-state index is 11.7. The molecule has 0 radical (unpaired) electrons. The summed E-state index contributed by atoms with van der Waals surface area (Å²) in [5.41, 5.74) is 0. The lowest BCUT2D eigenvalue weighted by Crippen LogP contribution is -2.37. The van der Waals surface area contributed by atoms with Gasteiger partial charge in [0, 0.05) is 20.2 Å². The van der Waals surface area contributed by atoms with Gasteiger partial charge < -0.3 is 15.0 Å². The molecule has 4 nitrogen and oxygen atoms in total. The summed E-state index contributed by atoms with van der Waals surface area (Å²) in [7, 11) is 1.71. The number of halogens is 1. The Labute approximate surface area is 103 Å². The topological polar surface area (TPSA) is 41.6 Å². The number of hydrogen-bond donors (Lipinski definition) is 1. The molecule has 1 atom stereocenters. The summed E-state index contributed by atoms with van der Waals surface area (Å²) in [5, 5.41) is 3.22. The molecule has 1 aliphatic carbocycles. The molecule has 2 fully saturated rings. The predicted molar refractivity (Wildman–Crippen MR) is 64.8 cm³/mol. The number of hydrogen-bond acceptors (Lipinski definition) is 3. The van der Waals surface area contributed by atoms with E-state index in [1.807, 2.05) is 4.90 Å². The van der Waals surface area contributed by atoms with E-state index in [1.165, 1.54) is 12.8 Å². The number of ether oxygens (including phenoxy) is 1. The fourth-order valence-corrected chi connectivity index (χ4v) is 1.96. The minimum absolute atomic E-state index is 0. The quantitative estimate of drug-likeness (QED) is 0.777. The van der Waals surface area contributed by atoms with Crippen molar-refractivity contribution < 1.29 is 9.53 Å². The first-order valence-electron chi connectivity index (χ1n) is 5.81. The van der Waals surface area contributed by atoms with Crippen molar-refractivity contribution in [2.45, 2.75) is 25.4 Å². The van der Waals surface area contributed by atoms with Gasteiger partial charge in [0.15, 0.2) is 0 Å². The highest BCUT2D eigenvalue weighted by Crippen LogP contribution is 2.27. The van der Waals surface area contributed by atoms with Crippen LogP contribution in [0.2, 0.25) is 0 Å². The molecular weight excluding hydrogens is 228 g/mol. The van der Waals surface area contributed by atoms with Crippen molar-refractivity contribution in [3.8, 4) is 0 Å². The van der Waals surface area contributed by atoms with Crippen molar-refractivity contribution in [1.29, 1.82) is 0 Å². The second-order valence-corrected chi connectivity index (χ2v) is 4.56. The van der Waals surface area contributed by atoms with Gasteiger partial charge in [-0.15, -0.1) is 12.4 Å². The molecule has 1 saturated heterocycles. The molecule has 2 aliphatic rings. The monoisotopic (exact) mass is 248 g/mol. The summed E-state index contributed by atoms with van der Waals surface area (Å²) in [6.45, 7) is 3.11. The van der Waals surface area contributed by atoms with E-state index in [1.54, 1.807) is 7.11 Å². The maximum absolute atomic E-state index is 11.7. The summed E-state index contributed by atoms with van der Waals surface area (Å²) in [6.07, 6.45) is 3.88. The van der Waals surface area contributed by atoms with Gasteiger partial charge in [0.1, 0.15) is 0 Å². The summed E-state index contributed by atoms with van der Waals surface area (Å²) in [4.78, 5) is 13.6. The van der Waals surface area contributed by atoms with Gasteiger partial charge in [0.25, 0.3) is 0 Å². The number of nitrogens with one attached hydrogen (secondary N) is 1. The van der Waals surface area contributed by atoms with Crippen LogP contribution in [0.1, 0.15) is 19.3 Å². The van der Waals surface area contributed by atoms with Gasteiger partial charge in [-0.25, -0.2) is 0 Å². The van der Waals surface area contributed by atoms with E-state index in [-0.39, 0.29) is 24.4 Å². The van der Waals surface area contributed by atoms with Crippen LogP contribution in [0.4, 0.5) is 0 Å². The maximum Gasteiger partial charge on any atom is 0.236 e. The fourth-order valence-electron chi connectivity index (χ4n) is 1.96. The molecular formula is C11H21ClN2O2. The number of likely N-dealkylation sites (tertiary alicyclic amines) is 1. The van der Waals surface area contributed by atoms with Crippen LogP contribution in [-0.4, -0.2) is 50.2 Å². The standard InChI is InChI=1S/C11H20N2O2.ClH/c1-15-10-4-5-13(8-10)11(14)7-12-6-9-2-3-9;/h9-10,12H,2-8H2,1H3;1H/t10-;/m1./s1. The molecule has 94 valence electrons. The lowest BCUT2D eigenvalue weighted by Gasteiger charge is -2.16. The van der Waals surface area contributed by atoms with Gasteiger partial charge in [0.05, 0.1) is 12.6 Å². The molecule has 2 rings (SSSR count). The molecule has 0 aromatic heterocycles. The second kappa shape index (κ2) is 6.42. The van der Waals surface area contributed by atoms with Gasteiger partial charge in [0.2, 0.25) is 5.91 Å². The largest absolute Gasteiger partial charge is 0.380 e. The Morgan fingerprint density at radius 3 is 2.75 bits per heavy atom. The zero-order valence-corrected chi connectivity index (χ0v) is 10.6. The zero-order valence-electron chi connectivity index (χ0n) is 9.78.